The quantitative estimate of drug-likeness (QED) is 0.813. The van der Waals surface area contributed by atoms with Gasteiger partial charge in [-0.15, -0.1) is 0 Å². The summed E-state index contributed by atoms with van der Waals surface area (Å²) in [5.41, 5.74) is 6.20. The summed E-state index contributed by atoms with van der Waals surface area (Å²) in [6.07, 6.45) is 5.72. The molecule has 0 radical (unpaired) electrons. The first-order chi connectivity index (χ1) is 12.3. The van der Waals surface area contributed by atoms with Gasteiger partial charge in [-0.1, -0.05) is 17.8 Å². The van der Waals surface area contributed by atoms with E-state index in [0.29, 0.717) is 15.9 Å². The third-order valence-electron chi connectivity index (χ3n) is 4.35. The van der Waals surface area contributed by atoms with Gasteiger partial charge in [0.25, 0.3) is 0 Å². The van der Waals surface area contributed by atoms with Crippen LogP contribution in [0.25, 0.3) is 11.3 Å². The maximum absolute atomic E-state index is 13.3. The van der Waals surface area contributed by atoms with E-state index in [2.05, 4.69) is 10.3 Å². The molecule has 1 aliphatic rings. The van der Waals surface area contributed by atoms with E-state index in [1.165, 1.54) is 29.9 Å². The number of nitrogens with two attached hydrogens (primary N) is 1. The van der Waals surface area contributed by atoms with E-state index in [1.54, 1.807) is 26.0 Å². The van der Waals surface area contributed by atoms with Gasteiger partial charge in [0, 0.05) is 5.56 Å². The van der Waals surface area contributed by atoms with Gasteiger partial charge in [-0.05, 0) is 63.8 Å². The average molecular weight is 377 g/mol. The maximum Gasteiger partial charge on any atom is 0.245 e. The predicted molar refractivity (Wildman–Crippen MR) is 102 cm³/mol. The van der Waals surface area contributed by atoms with E-state index in [0.717, 1.165) is 31.2 Å². The number of amides is 1. The van der Waals surface area contributed by atoms with Crippen LogP contribution in [0, 0.1) is 5.82 Å². The van der Waals surface area contributed by atoms with Crippen molar-refractivity contribution in [3.63, 3.8) is 0 Å². The normalized spacial score (nSPS) is 15.7. The number of nitrogens with zero attached hydrogens (tertiary/aromatic N) is 1. The van der Waals surface area contributed by atoms with E-state index in [4.69, 9.17) is 10.5 Å². The molecular weight excluding hydrogens is 353 g/mol. The van der Waals surface area contributed by atoms with Crippen LogP contribution in [0.5, 0.6) is 5.06 Å². The maximum atomic E-state index is 13.3. The first-order valence-electron chi connectivity index (χ1n) is 8.86. The number of halogens is 1. The Kier molecular flexibility index (Phi) is 5.58. The second-order valence-electron chi connectivity index (χ2n) is 7.22. The lowest BCUT2D eigenvalue weighted by Crippen LogP contribution is -2.45. The number of anilines is 1. The molecule has 1 aromatic heterocycles. The summed E-state index contributed by atoms with van der Waals surface area (Å²) < 4.78 is 19.5. The molecule has 2 aromatic rings. The summed E-state index contributed by atoms with van der Waals surface area (Å²) in [6, 6.07) is 6.10. The molecule has 5 nitrogen and oxygen atoms in total. The molecule has 1 saturated carbocycles. The first kappa shape index (κ1) is 18.8. The summed E-state index contributed by atoms with van der Waals surface area (Å²) in [6.45, 7) is 3.27. The molecule has 1 amide bonds. The molecule has 26 heavy (non-hydrogen) atoms. The Hall–Kier alpha value is -1.99. The molecule has 0 aliphatic heterocycles. The standard InChI is InChI=1S/C19H24FN3O2S/c1-19(2,21)17(24)23-18-22-15(12-8-10-13(20)11-9-12)16(26-18)25-14-6-4-3-5-7-14/h8-11,14H,3-7,21H2,1-2H3,(H,22,23,24). The number of hydrogen-bond acceptors (Lipinski definition) is 5. The van der Waals surface area contributed by atoms with Crippen LogP contribution >= 0.6 is 11.3 Å². The van der Waals surface area contributed by atoms with Crippen molar-refractivity contribution in [2.75, 3.05) is 5.32 Å². The van der Waals surface area contributed by atoms with Crippen LogP contribution < -0.4 is 15.8 Å². The Morgan fingerprint density at radius 1 is 1.27 bits per heavy atom. The van der Waals surface area contributed by atoms with Gasteiger partial charge in [0.15, 0.2) is 5.13 Å². The molecule has 0 bridgehead atoms. The molecule has 0 atom stereocenters. The fraction of sp³-hybridized carbons (Fsp3) is 0.474. The van der Waals surface area contributed by atoms with Crippen molar-refractivity contribution in [3.05, 3.63) is 30.1 Å². The van der Waals surface area contributed by atoms with Gasteiger partial charge in [-0.25, -0.2) is 9.37 Å². The molecule has 1 fully saturated rings. The summed E-state index contributed by atoms with van der Waals surface area (Å²) in [4.78, 5) is 16.7. The van der Waals surface area contributed by atoms with Gasteiger partial charge >= 0.3 is 0 Å². The lowest BCUT2D eigenvalue weighted by Gasteiger charge is -2.22. The predicted octanol–water partition coefficient (Wildman–Crippen LogP) is 4.34. The fourth-order valence-corrected chi connectivity index (χ4v) is 3.72. The molecule has 0 saturated heterocycles. The van der Waals surface area contributed by atoms with Crippen LogP contribution in [-0.4, -0.2) is 22.5 Å². The van der Waals surface area contributed by atoms with Crippen molar-refractivity contribution < 1.29 is 13.9 Å². The van der Waals surface area contributed by atoms with Crippen LogP contribution in [0.4, 0.5) is 9.52 Å². The smallest absolute Gasteiger partial charge is 0.245 e. The van der Waals surface area contributed by atoms with Crippen molar-refractivity contribution in [3.8, 4) is 16.3 Å². The van der Waals surface area contributed by atoms with Crippen LogP contribution in [0.2, 0.25) is 0 Å². The van der Waals surface area contributed by atoms with E-state index < -0.39 is 5.54 Å². The van der Waals surface area contributed by atoms with E-state index in [1.807, 2.05) is 0 Å². The molecule has 140 valence electrons. The van der Waals surface area contributed by atoms with Crippen LogP contribution in [-0.2, 0) is 4.79 Å². The molecular formula is C19H24FN3O2S. The highest BCUT2D eigenvalue weighted by molar-refractivity contribution is 7.18. The van der Waals surface area contributed by atoms with Crippen molar-refractivity contribution in [1.29, 1.82) is 0 Å². The fourth-order valence-electron chi connectivity index (χ4n) is 2.82. The molecule has 0 spiro atoms. The van der Waals surface area contributed by atoms with E-state index >= 15 is 0 Å². The minimum atomic E-state index is -1.01. The highest BCUT2D eigenvalue weighted by Gasteiger charge is 2.25. The molecule has 0 unspecified atom stereocenters. The number of ether oxygens (including phenoxy) is 1. The molecule has 1 aromatic carbocycles. The van der Waals surface area contributed by atoms with Gasteiger partial charge < -0.3 is 15.8 Å². The Balaban J connectivity index is 1.88. The summed E-state index contributed by atoms with van der Waals surface area (Å²) in [7, 11) is 0. The lowest BCUT2D eigenvalue weighted by molar-refractivity contribution is -0.120. The van der Waals surface area contributed by atoms with Crippen molar-refractivity contribution in [2.45, 2.75) is 57.6 Å². The minimum Gasteiger partial charge on any atom is -0.479 e. The number of carbonyl (C=O) groups is 1. The summed E-state index contributed by atoms with van der Waals surface area (Å²) in [5, 5.41) is 3.83. The van der Waals surface area contributed by atoms with E-state index in [9.17, 15) is 9.18 Å². The molecule has 3 rings (SSSR count). The second kappa shape index (κ2) is 7.72. The lowest BCUT2D eigenvalue weighted by atomic mass is 9.98. The monoisotopic (exact) mass is 377 g/mol. The number of carbonyl (C=O) groups excluding carboxylic acids is 1. The summed E-state index contributed by atoms with van der Waals surface area (Å²) >= 11 is 1.28. The molecule has 1 aliphatic carbocycles. The van der Waals surface area contributed by atoms with Crippen LogP contribution in [0.15, 0.2) is 24.3 Å². The topological polar surface area (TPSA) is 77.2 Å². The zero-order valence-electron chi connectivity index (χ0n) is 15.0. The third kappa shape index (κ3) is 4.59. The van der Waals surface area contributed by atoms with Gasteiger partial charge in [-0.2, -0.15) is 0 Å². The minimum absolute atomic E-state index is 0.151. The number of benzene rings is 1. The van der Waals surface area contributed by atoms with Gasteiger partial charge in [-0.3, -0.25) is 4.79 Å². The first-order valence-corrected chi connectivity index (χ1v) is 9.68. The van der Waals surface area contributed by atoms with Gasteiger partial charge in [0.2, 0.25) is 11.0 Å². The number of rotatable bonds is 5. The highest BCUT2D eigenvalue weighted by Crippen LogP contribution is 2.40. The number of nitrogens with one attached hydrogen (secondary N) is 1. The molecule has 7 heteroatoms. The molecule has 3 N–H and O–H groups in total. The number of thiazole rings is 1. The number of aromatic nitrogens is 1. The largest absolute Gasteiger partial charge is 0.479 e. The van der Waals surface area contributed by atoms with Crippen LogP contribution in [0.3, 0.4) is 0 Å². The number of hydrogen-bond donors (Lipinski definition) is 2. The second-order valence-corrected chi connectivity index (χ2v) is 8.18. The van der Waals surface area contributed by atoms with Gasteiger partial charge in [0.1, 0.15) is 11.5 Å². The zero-order chi connectivity index (χ0) is 18.7. The third-order valence-corrected chi connectivity index (χ3v) is 5.21. The van der Waals surface area contributed by atoms with Crippen molar-refractivity contribution in [2.24, 2.45) is 5.73 Å². The molecule has 1 heterocycles. The highest BCUT2D eigenvalue weighted by atomic mass is 32.1. The Morgan fingerprint density at radius 2 is 1.92 bits per heavy atom. The van der Waals surface area contributed by atoms with E-state index in [-0.39, 0.29) is 17.8 Å². The SMILES string of the molecule is CC(C)(N)C(=O)Nc1nc(-c2ccc(F)cc2)c(OC2CCCCC2)s1. The Morgan fingerprint density at radius 3 is 2.54 bits per heavy atom. The van der Waals surface area contributed by atoms with Crippen molar-refractivity contribution >= 4 is 22.4 Å². The van der Waals surface area contributed by atoms with Gasteiger partial charge in [0.05, 0.1) is 11.6 Å². The average Bonchev–Trinajstić information content (AvgIpc) is 2.98. The Labute approximate surface area is 156 Å². The summed E-state index contributed by atoms with van der Waals surface area (Å²) in [5.74, 6) is -0.627. The van der Waals surface area contributed by atoms with Crippen molar-refractivity contribution in [1.82, 2.24) is 4.98 Å². The zero-order valence-corrected chi connectivity index (χ0v) is 15.9. The van der Waals surface area contributed by atoms with Crippen LogP contribution in [0.1, 0.15) is 46.0 Å². The Bertz CT molecular complexity index is 762.